The Kier molecular flexibility index (Phi) is 4.31. The Balaban J connectivity index is 2.71. The third kappa shape index (κ3) is 3.15. The van der Waals surface area contributed by atoms with Crippen molar-refractivity contribution in [3.05, 3.63) is 0 Å². The van der Waals surface area contributed by atoms with Crippen LogP contribution < -0.4 is 5.73 Å². The van der Waals surface area contributed by atoms with Crippen LogP contribution in [0.25, 0.3) is 0 Å². The monoisotopic (exact) mass is 233 g/mol. The molecule has 1 aliphatic rings. The molecule has 1 fully saturated rings. The molecule has 5 nitrogen and oxygen atoms in total. The molecular formula is C11H23NO4. The first-order valence-electron chi connectivity index (χ1n) is 5.64. The van der Waals surface area contributed by atoms with Gasteiger partial charge >= 0.3 is 0 Å². The summed E-state index contributed by atoms with van der Waals surface area (Å²) >= 11 is 0. The molecule has 1 heterocycles. The molecule has 0 amide bonds. The molecule has 16 heavy (non-hydrogen) atoms. The van der Waals surface area contributed by atoms with Crippen LogP contribution in [0.3, 0.4) is 0 Å². The highest BCUT2D eigenvalue weighted by atomic mass is 16.5. The van der Waals surface area contributed by atoms with Gasteiger partial charge in [-0.25, -0.2) is 0 Å². The lowest BCUT2D eigenvalue weighted by atomic mass is 9.83. The van der Waals surface area contributed by atoms with Crippen molar-refractivity contribution in [3.8, 4) is 0 Å². The third-order valence-electron chi connectivity index (χ3n) is 2.90. The van der Waals surface area contributed by atoms with Crippen molar-refractivity contribution in [2.24, 2.45) is 11.1 Å². The van der Waals surface area contributed by atoms with Crippen molar-refractivity contribution in [2.75, 3.05) is 6.61 Å². The van der Waals surface area contributed by atoms with E-state index in [2.05, 4.69) is 20.8 Å². The molecule has 0 bridgehead atoms. The van der Waals surface area contributed by atoms with Crippen LogP contribution in [0.1, 0.15) is 27.2 Å². The van der Waals surface area contributed by atoms with Gasteiger partial charge in [0.1, 0.15) is 18.3 Å². The summed E-state index contributed by atoms with van der Waals surface area (Å²) in [6.07, 6.45) is -2.57. The lowest BCUT2D eigenvalue weighted by Crippen LogP contribution is -2.62. The SMILES string of the molecule is CC(C)(C)C[C@@H]1OC(CO)[C@@H](O)[C@H](O)C1N. The first-order chi connectivity index (χ1) is 7.26. The smallest absolute Gasteiger partial charge is 0.110 e. The first-order valence-corrected chi connectivity index (χ1v) is 5.64. The molecule has 0 spiro atoms. The van der Waals surface area contributed by atoms with Gasteiger partial charge in [-0.3, -0.25) is 0 Å². The van der Waals surface area contributed by atoms with Crippen molar-refractivity contribution in [2.45, 2.75) is 57.6 Å². The van der Waals surface area contributed by atoms with Crippen molar-refractivity contribution in [1.82, 2.24) is 0 Å². The Labute approximate surface area is 96.2 Å². The molecule has 2 unspecified atom stereocenters. The Morgan fingerprint density at radius 3 is 2.12 bits per heavy atom. The summed E-state index contributed by atoms with van der Waals surface area (Å²) in [5.74, 6) is 0. The van der Waals surface area contributed by atoms with Crippen LogP contribution in [-0.4, -0.2) is 52.4 Å². The van der Waals surface area contributed by atoms with Gasteiger partial charge in [-0.2, -0.15) is 0 Å². The molecule has 1 saturated heterocycles. The Morgan fingerprint density at radius 1 is 1.12 bits per heavy atom. The molecule has 0 aliphatic carbocycles. The van der Waals surface area contributed by atoms with Crippen LogP contribution >= 0.6 is 0 Å². The molecule has 1 rings (SSSR count). The highest BCUT2D eigenvalue weighted by Crippen LogP contribution is 2.29. The van der Waals surface area contributed by atoms with E-state index in [0.717, 1.165) is 0 Å². The predicted molar refractivity (Wildman–Crippen MR) is 59.8 cm³/mol. The third-order valence-corrected chi connectivity index (χ3v) is 2.90. The number of hydrogen-bond acceptors (Lipinski definition) is 5. The molecule has 5 N–H and O–H groups in total. The highest BCUT2D eigenvalue weighted by Gasteiger charge is 2.43. The fourth-order valence-corrected chi connectivity index (χ4v) is 2.00. The van der Waals surface area contributed by atoms with E-state index < -0.39 is 24.4 Å². The lowest BCUT2D eigenvalue weighted by molar-refractivity contribution is -0.194. The van der Waals surface area contributed by atoms with Gasteiger partial charge in [-0.1, -0.05) is 20.8 Å². The van der Waals surface area contributed by atoms with E-state index in [1.54, 1.807) is 0 Å². The number of aliphatic hydroxyl groups excluding tert-OH is 3. The van der Waals surface area contributed by atoms with Crippen LogP contribution in [-0.2, 0) is 4.74 Å². The van der Waals surface area contributed by atoms with Crippen LogP contribution in [0.2, 0.25) is 0 Å². The van der Waals surface area contributed by atoms with Crippen molar-refractivity contribution in [3.63, 3.8) is 0 Å². The Hall–Kier alpha value is -0.200. The summed E-state index contributed by atoms with van der Waals surface area (Å²) in [6.45, 7) is 5.84. The molecule has 0 aromatic carbocycles. The maximum atomic E-state index is 9.75. The second-order valence-electron chi connectivity index (χ2n) is 5.72. The van der Waals surface area contributed by atoms with E-state index in [4.69, 9.17) is 15.6 Å². The fourth-order valence-electron chi connectivity index (χ4n) is 2.00. The second kappa shape index (κ2) is 4.98. The minimum absolute atomic E-state index is 0.0182. The number of nitrogens with two attached hydrogens (primary N) is 1. The van der Waals surface area contributed by atoms with Gasteiger partial charge < -0.3 is 25.8 Å². The maximum Gasteiger partial charge on any atom is 0.110 e. The van der Waals surface area contributed by atoms with Crippen molar-refractivity contribution in [1.29, 1.82) is 0 Å². The summed E-state index contributed by atoms with van der Waals surface area (Å²) in [7, 11) is 0. The van der Waals surface area contributed by atoms with Gasteiger partial charge in [0.15, 0.2) is 0 Å². The van der Waals surface area contributed by atoms with E-state index >= 15 is 0 Å². The molecule has 0 aromatic rings. The average molecular weight is 233 g/mol. The van der Waals surface area contributed by atoms with E-state index in [-0.39, 0.29) is 18.1 Å². The second-order valence-corrected chi connectivity index (χ2v) is 5.72. The number of rotatable bonds is 2. The lowest BCUT2D eigenvalue weighted by Gasteiger charge is -2.42. The first kappa shape index (κ1) is 13.9. The van der Waals surface area contributed by atoms with Gasteiger partial charge in [0.05, 0.1) is 18.8 Å². The summed E-state index contributed by atoms with van der Waals surface area (Å²) in [5.41, 5.74) is 5.84. The number of aliphatic hydroxyl groups is 3. The van der Waals surface area contributed by atoms with Crippen molar-refractivity contribution < 1.29 is 20.1 Å². The van der Waals surface area contributed by atoms with Crippen LogP contribution in [0.15, 0.2) is 0 Å². The van der Waals surface area contributed by atoms with E-state index in [1.807, 2.05) is 0 Å². The average Bonchev–Trinajstić information content (AvgIpc) is 2.17. The van der Waals surface area contributed by atoms with E-state index in [1.165, 1.54) is 0 Å². The standard InChI is InChI=1S/C11H23NO4/c1-11(2,3)4-6-8(12)10(15)9(14)7(5-13)16-6/h6-10,13-15H,4-5,12H2,1-3H3/t6-,7?,8?,9+,10+/m0/s1. The largest absolute Gasteiger partial charge is 0.394 e. The van der Waals surface area contributed by atoms with E-state index in [0.29, 0.717) is 6.42 Å². The van der Waals surface area contributed by atoms with Crippen LogP contribution in [0, 0.1) is 5.41 Å². The summed E-state index contributed by atoms with van der Waals surface area (Å²) < 4.78 is 5.52. The molecule has 0 radical (unpaired) electrons. The summed E-state index contributed by atoms with van der Waals surface area (Å²) in [6, 6.07) is -0.614. The molecule has 1 aliphatic heterocycles. The predicted octanol–water partition coefficient (Wildman–Crippen LogP) is -0.769. The maximum absolute atomic E-state index is 9.75. The molecule has 0 saturated carbocycles. The van der Waals surface area contributed by atoms with Gasteiger partial charge in [0.25, 0.3) is 0 Å². The normalized spacial score (nSPS) is 41.1. The molecule has 96 valence electrons. The zero-order valence-electron chi connectivity index (χ0n) is 10.1. The summed E-state index contributed by atoms with van der Waals surface area (Å²) in [4.78, 5) is 0. The molecule has 5 atom stereocenters. The summed E-state index contributed by atoms with van der Waals surface area (Å²) in [5, 5.41) is 28.4. The van der Waals surface area contributed by atoms with Crippen LogP contribution in [0.4, 0.5) is 0 Å². The highest BCUT2D eigenvalue weighted by molar-refractivity contribution is 4.95. The number of hydrogen-bond donors (Lipinski definition) is 4. The van der Waals surface area contributed by atoms with Gasteiger partial charge in [0.2, 0.25) is 0 Å². The minimum Gasteiger partial charge on any atom is -0.394 e. The fraction of sp³-hybridized carbons (Fsp3) is 1.00. The number of ether oxygens (including phenoxy) is 1. The molecule has 0 aromatic heterocycles. The van der Waals surface area contributed by atoms with Gasteiger partial charge in [-0.05, 0) is 11.8 Å². The Bertz CT molecular complexity index is 227. The minimum atomic E-state index is -1.11. The van der Waals surface area contributed by atoms with E-state index in [9.17, 15) is 10.2 Å². The Morgan fingerprint density at radius 2 is 1.69 bits per heavy atom. The zero-order chi connectivity index (χ0) is 12.5. The van der Waals surface area contributed by atoms with Gasteiger partial charge in [0, 0.05) is 0 Å². The van der Waals surface area contributed by atoms with Crippen molar-refractivity contribution >= 4 is 0 Å². The molecule has 5 heteroatoms. The quantitative estimate of drug-likeness (QED) is 0.502. The van der Waals surface area contributed by atoms with Gasteiger partial charge in [-0.15, -0.1) is 0 Å². The molecular weight excluding hydrogens is 210 g/mol. The van der Waals surface area contributed by atoms with Crippen LogP contribution in [0.5, 0.6) is 0 Å². The zero-order valence-corrected chi connectivity index (χ0v) is 10.1. The topological polar surface area (TPSA) is 95.9 Å².